The Kier molecular flexibility index (Phi) is 3.49. The summed E-state index contributed by atoms with van der Waals surface area (Å²) in [6, 6.07) is 0. The molecule has 1 aromatic rings. The number of hydrogen-bond acceptors (Lipinski definition) is 2. The van der Waals surface area contributed by atoms with Crippen LogP contribution in [0.2, 0.25) is 0 Å². The van der Waals surface area contributed by atoms with Crippen molar-refractivity contribution in [2.45, 2.75) is 6.43 Å². The number of alkyl halides is 2. The molecular weight excluding hydrogens is 286 g/mol. The smallest absolute Gasteiger partial charge is 0.265 e. The molecular formula is C7H2BrClF3NO. The molecule has 0 bridgehead atoms. The maximum Gasteiger partial charge on any atom is 0.265 e. The maximum atomic E-state index is 12.7. The Morgan fingerprint density at radius 2 is 2.14 bits per heavy atom. The van der Waals surface area contributed by atoms with Crippen LogP contribution in [-0.2, 0) is 0 Å². The summed E-state index contributed by atoms with van der Waals surface area (Å²) in [5.41, 5.74) is -1.28. The third kappa shape index (κ3) is 2.06. The van der Waals surface area contributed by atoms with Crippen molar-refractivity contribution >= 4 is 32.8 Å². The van der Waals surface area contributed by atoms with Gasteiger partial charge in [0.05, 0.1) is 15.6 Å². The lowest BCUT2D eigenvalue weighted by atomic mass is 10.1. The molecule has 0 atom stereocenters. The van der Waals surface area contributed by atoms with Crippen LogP contribution in [0.5, 0.6) is 0 Å². The summed E-state index contributed by atoms with van der Waals surface area (Å²) in [5, 5.41) is -1.10. The van der Waals surface area contributed by atoms with Gasteiger partial charge in [0, 0.05) is 6.20 Å². The van der Waals surface area contributed by atoms with Gasteiger partial charge in [0.25, 0.3) is 11.7 Å². The molecule has 0 aromatic carbocycles. The molecule has 0 amide bonds. The molecule has 1 rings (SSSR count). The van der Waals surface area contributed by atoms with Crippen LogP contribution < -0.4 is 0 Å². The largest absolute Gasteiger partial charge is 0.276 e. The van der Waals surface area contributed by atoms with Crippen LogP contribution in [0.15, 0.2) is 10.7 Å². The van der Waals surface area contributed by atoms with Crippen LogP contribution >= 0.6 is 27.5 Å². The van der Waals surface area contributed by atoms with E-state index in [1.165, 1.54) is 0 Å². The molecule has 0 N–H and O–H groups in total. The highest BCUT2D eigenvalue weighted by atomic mass is 79.9. The van der Waals surface area contributed by atoms with Crippen LogP contribution in [0, 0.1) is 5.95 Å². The molecule has 0 aliphatic rings. The Morgan fingerprint density at radius 3 is 2.57 bits per heavy atom. The lowest BCUT2D eigenvalue weighted by Crippen LogP contribution is -2.03. The molecule has 0 saturated carbocycles. The van der Waals surface area contributed by atoms with Crippen molar-refractivity contribution in [2.24, 2.45) is 0 Å². The maximum absolute atomic E-state index is 12.7. The van der Waals surface area contributed by atoms with E-state index in [0.29, 0.717) is 6.20 Å². The van der Waals surface area contributed by atoms with E-state index < -0.39 is 33.2 Å². The fourth-order valence-electron chi connectivity index (χ4n) is 0.847. The molecule has 0 fully saturated rings. The molecule has 0 radical (unpaired) electrons. The van der Waals surface area contributed by atoms with Gasteiger partial charge in [0.2, 0.25) is 5.95 Å². The zero-order valence-electron chi connectivity index (χ0n) is 6.40. The molecule has 0 saturated heterocycles. The average molecular weight is 288 g/mol. The number of aromatic nitrogens is 1. The zero-order chi connectivity index (χ0) is 10.9. The first-order valence-corrected chi connectivity index (χ1v) is 4.44. The second-order valence-electron chi connectivity index (χ2n) is 2.26. The van der Waals surface area contributed by atoms with Crippen molar-refractivity contribution in [3.63, 3.8) is 0 Å². The Balaban J connectivity index is 3.45. The van der Waals surface area contributed by atoms with Crippen molar-refractivity contribution < 1.29 is 18.0 Å². The van der Waals surface area contributed by atoms with Gasteiger partial charge in [0.1, 0.15) is 0 Å². The highest BCUT2D eigenvalue weighted by Gasteiger charge is 2.23. The first-order chi connectivity index (χ1) is 6.45. The number of carbonyl (C=O) groups is 1. The number of carbonyl (C=O) groups excluding carboxylic acids is 1. The highest BCUT2D eigenvalue weighted by Crippen LogP contribution is 2.32. The molecule has 0 unspecified atom stereocenters. The molecule has 0 aliphatic carbocycles. The molecule has 14 heavy (non-hydrogen) atoms. The van der Waals surface area contributed by atoms with E-state index in [4.69, 9.17) is 11.6 Å². The SMILES string of the molecule is O=C(Cl)c1cnc(F)c(Br)c1C(F)F. The van der Waals surface area contributed by atoms with Gasteiger partial charge in [-0.05, 0) is 27.5 Å². The summed E-state index contributed by atoms with van der Waals surface area (Å²) < 4.78 is 37.0. The van der Waals surface area contributed by atoms with Gasteiger partial charge in [-0.1, -0.05) is 0 Å². The van der Waals surface area contributed by atoms with Gasteiger partial charge in [0.15, 0.2) is 0 Å². The van der Waals surface area contributed by atoms with Gasteiger partial charge in [-0.3, -0.25) is 4.79 Å². The van der Waals surface area contributed by atoms with Crippen LogP contribution in [0.3, 0.4) is 0 Å². The van der Waals surface area contributed by atoms with Gasteiger partial charge in [-0.15, -0.1) is 0 Å². The fraction of sp³-hybridized carbons (Fsp3) is 0.143. The fourth-order valence-corrected chi connectivity index (χ4v) is 1.49. The van der Waals surface area contributed by atoms with Crippen molar-refractivity contribution in [1.82, 2.24) is 4.98 Å². The summed E-state index contributed by atoms with van der Waals surface area (Å²) >= 11 is 7.59. The summed E-state index contributed by atoms with van der Waals surface area (Å²) in [7, 11) is 0. The minimum atomic E-state index is -3.00. The van der Waals surface area contributed by atoms with E-state index in [9.17, 15) is 18.0 Å². The highest BCUT2D eigenvalue weighted by molar-refractivity contribution is 9.10. The van der Waals surface area contributed by atoms with E-state index in [1.54, 1.807) is 0 Å². The topological polar surface area (TPSA) is 30.0 Å². The van der Waals surface area contributed by atoms with Crippen molar-refractivity contribution in [2.75, 3.05) is 0 Å². The number of rotatable bonds is 2. The van der Waals surface area contributed by atoms with Crippen LogP contribution in [0.4, 0.5) is 13.2 Å². The Morgan fingerprint density at radius 1 is 1.57 bits per heavy atom. The van der Waals surface area contributed by atoms with Gasteiger partial charge < -0.3 is 0 Å². The van der Waals surface area contributed by atoms with Gasteiger partial charge >= 0.3 is 0 Å². The monoisotopic (exact) mass is 287 g/mol. The first-order valence-electron chi connectivity index (χ1n) is 3.27. The van der Waals surface area contributed by atoms with E-state index in [0.717, 1.165) is 0 Å². The number of halogens is 5. The second kappa shape index (κ2) is 4.27. The van der Waals surface area contributed by atoms with Gasteiger partial charge in [-0.2, -0.15) is 4.39 Å². The molecule has 1 aromatic heterocycles. The third-order valence-electron chi connectivity index (χ3n) is 1.44. The summed E-state index contributed by atoms with van der Waals surface area (Å²) in [5.74, 6) is -1.11. The lowest BCUT2D eigenvalue weighted by molar-refractivity contribution is 0.106. The second-order valence-corrected chi connectivity index (χ2v) is 3.40. The Hall–Kier alpha value is -0.620. The predicted molar refractivity (Wildman–Crippen MR) is 47.0 cm³/mol. The normalized spacial score (nSPS) is 10.7. The van der Waals surface area contributed by atoms with Gasteiger partial charge in [-0.25, -0.2) is 13.8 Å². The van der Waals surface area contributed by atoms with Crippen molar-refractivity contribution in [1.29, 1.82) is 0 Å². The van der Waals surface area contributed by atoms with Crippen LogP contribution in [0.1, 0.15) is 22.3 Å². The van der Waals surface area contributed by atoms with Crippen molar-refractivity contribution in [3.05, 3.63) is 27.7 Å². The van der Waals surface area contributed by atoms with Crippen molar-refractivity contribution in [3.8, 4) is 0 Å². The summed E-state index contributed by atoms with van der Waals surface area (Å²) in [6.45, 7) is 0. The molecule has 2 nitrogen and oxygen atoms in total. The molecule has 1 heterocycles. The van der Waals surface area contributed by atoms with Crippen LogP contribution in [-0.4, -0.2) is 10.2 Å². The molecule has 0 aliphatic heterocycles. The molecule has 76 valence electrons. The third-order valence-corrected chi connectivity index (χ3v) is 2.40. The van der Waals surface area contributed by atoms with E-state index in [2.05, 4.69) is 20.9 Å². The van der Waals surface area contributed by atoms with E-state index >= 15 is 0 Å². The minimum Gasteiger partial charge on any atom is -0.276 e. The molecule has 7 heteroatoms. The lowest BCUT2D eigenvalue weighted by Gasteiger charge is -2.06. The number of nitrogens with zero attached hydrogens (tertiary/aromatic N) is 1. The van der Waals surface area contributed by atoms with Crippen LogP contribution in [0.25, 0.3) is 0 Å². The Bertz CT molecular complexity index is 385. The predicted octanol–water partition coefficient (Wildman–Crippen LogP) is 3.30. The minimum absolute atomic E-state index is 0.505. The van der Waals surface area contributed by atoms with E-state index in [1.807, 2.05) is 0 Å². The van der Waals surface area contributed by atoms with E-state index in [-0.39, 0.29) is 0 Å². The molecule has 0 spiro atoms. The summed E-state index contributed by atoms with van der Waals surface area (Å²) in [6.07, 6.45) is -2.32. The quantitative estimate of drug-likeness (QED) is 0.617. The Labute approximate surface area is 90.2 Å². The average Bonchev–Trinajstić information content (AvgIpc) is 2.08. The number of hydrogen-bond donors (Lipinski definition) is 0. The standard InChI is InChI=1S/C7H2BrClF3NO/c8-4-3(6(10)11)2(5(9)14)1-13-7(4)12/h1,6H. The first kappa shape index (κ1) is 11.5. The number of pyridine rings is 1. The zero-order valence-corrected chi connectivity index (χ0v) is 8.74. The summed E-state index contributed by atoms with van der Waals surface area (Å²) in [4.78, 5) is 13.8.